The Labute approximate surface area is 217 Å². The van der Waals surface area contributed by atoms with Gasteiger partial charge in [0, 0.05) is 37.2 Å². The van der Waals surface area contributed by atoms with Crippen LogP contribution in [0.25, 0.3) is 11.0 Å². The molecule has 1 amide bonds. The van der Waals surface area contributed by atoms with Gasteiger partial charge in [-0.3, -0.25) is 9.59 Å². The monoisotopic (exact) mass is 517 g/mol. The van der Waals surface area contributed by atoms with E-state index in [0.29, 0.717) is 51.1 Å². The smallest absolute Gasteiger partial charge is 0.252 e. The third kappa shape index (κ3) is 4.20. The first-order valence-electron chi connectivity index (χ1n) is 11.9. The molecule has 1 aliphatic heterocycles. The van der Waals surface area contributed by atoms with Crippen molar-refractivity contribution in [3.63, 3.8) is 0 Å². The molecule has 37 heavy (non-hydrogen) atoms. The standard InChI is InChI=1S/C27H24ClN5O4/c1-27(13-36-2)26(35)32-20-12-31-25-22(23(20)33-27)18(11-30-25)24(34)17-6-5-16(10-19(17)28)37-21-9-15(7-8-29-21)14-3-4-14/h5-12,14,33H,3-4,13H2,1-2H3,(H,30,31)(H,32,35). The van der Waals surface area contributed by atoms with Gasteiger partial charge in [-0.2, -0.15) is 0 Å². The zero-order valence-electron chi connectivity index (χ0n) is 20.2. The molecule has 3 aromatic heterocycles. The number of ketones is 1. The van der Waals surface area contributed by atoms with Crippen LogP contribution < -0.4 is 15.4 Å². The molecule has 3 N–H and O–H groups in total. The number of hydrogen-bond donors (Lipinski definition) is 3. The fraction of sp³-hybridized carbons (Fsp3) is 0.259. The van der Waals surface area contributed by atoms with Crippen molar-refractivity contribution in [2.24, 2.45) is 0 Å². The molecule has 0 spiro atoms. The van der Waals surface area contributed by atoms with Crippen molar-refractivity contribution >= 4 is 45.7 Å². The van der Waals surface area contributed by atoms with Crippen LogP contribution >= 0.6 is 11.6 Å². The number of amides is 1. The SMILES string of the molecule is COCC1(C)Nc2c(cnc3[nH]cc(C(=O)c4ccc(Oc5cc(C6CC6)ccn5)cc4Cl)c23)NC1=O. The summed E-state index contributed by atoms with van der Waals surface area (Å²) in [4.78, 5) is 38.0. The number of fused-ring (bicyclic) bond motifs is 3. The Kier molecular flexibility index (Phi) is 5.62. The second-order valence-electron chi connectivity index (χ2n) is 9.59. The van der Waals surface area contributed by atoms with E-state index in [1.807, 2.05) is 12.1 Å². The third-order valence-electron chi connectivity index (χ3n) is 6.74. The minimum atomic E-state index is -1.02. The van der Waals surface area contributed by atoms with Crippen LogP contribution in [-0.2, 0) is 9.53 Å². The van der Waals surface area contributed by atoms with Crippen molar-refractivity contribution in [3.8, 4) is 11.6 Å². The molecule has 1 aromatic carbocycles. The van der Waals surface area contributed by atoms with Gasteiger partial charge >= 0.3 is 0 Å². The quantitative estimate of drug-likeness (QED) is 0.285. The highest BCUT2D eigenvalue weighted by atomic mass is 35.5. The molecule has 10 heteroatoms. The number of nitrogens with one attached hydrogen (secondary N) is 3. The number of carbonyl (C=O) groups is 2. The normalized spacial score (nSPS) is 18.7. The van der Waals surface area contributed by atoms with E-state index in [0.717, 1.165) is 0 Å². The molecule has 0 bridgehead atoms. The van der Waals surface area contributed by atoms with E-state index >= 15 is 0 Å². The van der Waals surface area contributed by atoms with Crippen LogP contribution in [0.1, 0.15) is 47.2 Å². The molecule has 4 heterocycles. The average Bonchev–Trinajstić information content (AvgIpc) is 3.64. The van der Waals surface area contributed by atoms with E-state index in [-0.39, 0.29) is 23.3 Å². The summed E-state index contributed by atoms with van der Waals surface area (Å²) in [5.41, 5.74) is 2.45. The molecule has 1 atom stereocenters. The fourth-order valence-corrected chi connectivity index (χ4v) is 4.90. The molecule has 1 aliphatic carbocycles. The van der Waals surface area contributed by atoms with Crippen molar-refractivity contribution in [1.29, 1.82) is 0 Å². The number of hydrogen-bond acceptors (Lipinski definition) is 7. The maximum absolute atomic E-state index is 13.7. The minimum Gasteiger partial charge on any atom is -0.439 e. The highest BCUT2D eigenvalue weighted by Gasteiger charge is 2.39. The summed E-state index contributed by atoms with van der Waals surface area (Å²) >= 11 is 6.56. The molecule has 0 saturated heterocycles. The molecule has 4 aromatic rings. The first kappa shape index (κ1) is 23.4. The number of carbonyl (C=O) groups excluding carboxylic acids is 2. The zero-order chi connectivity index (χ0) is 25.7. The maximum Gasteiger partial charge on any atom is 0.252 e. The van der Waals surface area contributed by atoms with Crippen molar-refractivity contribution in [1.82, 2.24) is 15.0 Å². The Bertz CT molecular complexity index is 1560. The Balaban J connectivity index is 1.32. The first-order chi connectivity index (χ1) is 17.9. The van der Waals surface area contributed by atoms with Gasteiger partial charge in [0.15, 0.2) is 5.78 Å². The lowest BCUT2D eigenvalue weighted by Crippen LogP contribution is -2.53. The second kappa shape index (κ2) is 8.86. The molecular weight excluding hydrogens is 494 g/mol. The van der Waals surface area contributed by atoms with E-state index in [2.05, 4.69) is 25.6 Å². The van der Waals surface area contributed by atoms with Crippen LogP contribution in [0.2, 0.25) is 5.02 Å². The number of halogens is 1. The summed E-state index contributed by atoms with van der Waals surface area (Å²) in [7, 11) is 1.53. The van der Waals surface area contributed by atoms with Crippen LogP contribution in [0.5, 0.6) is 11.6 Å². The van der Waals surface area contributed by atoms with Gasteiger partial charge in [0.05, 0.1) is 40.2 Å². The van der Waals surface area contributed by atoms with Gasteiger partial charge in [-0.15, -0.1) is 0 Å². The van der Waals surface area contributed by atoms with Crippen LogP contribution in [0.3, 0.4) is 0 Å². The number of H-pyrrole nitrogens is 1. The Hall–Kier alpha value is -3.95. The molecule has 6 rings (SSSR count). The first-order valence-corrected chi connectivity index (χ1v) is 12.3. The Morgan fingerprint density at radius 2 is 2.03 bits per heavy atom. The van der Waals surface area contributed by atoms with Gasteiger partial charge in [0.2, 0.25) is 5.88 Å². The fourth-order valence-electron chi connectivity index (χ4n) is 4.64. The molecule has 1 saturated carbocycles. The highest BCUT2D eigenvalue weighted by Crippen LogP contribution is 2.41. The Morgan fingerprint density at radius 1 is 1.19 bits per heavy atom. The molecule has 1 unspecified atom stereocenters. The number of rotatable bonds is 7. The maximum atomic E-state index is 13.7. The Morgan fingerprint density at radius 3 is 2.78 bits per heavy atom. The lowest BCUT2D eigenvalue weighted by molar-refractivity contribution is -0.121. The molecule has 1 fully saturated rings. The highest BCUT2D eigenvalue weighted by molar-refractivity contribution is 6.36. The predicted octanol–water partition coefficient (Wildman–Crippen LogP) is 5.28. The van der Waals surface area contributed by atoms with E-state index in [4.69, 9.17) is 21.1 Å². The summed E-state index contributed by atoms with van der Waals surface area (Å²) in [6.07, 6.45) is 7.26. The summed E-state index contributed by atoms with van der Waals surface area (Å²) in [5, 5.41) is 6.93. The second-order valence-corrected chi connectivity index (χ2v) is 10.00. The third-order valence-corrected chi connectivity index (χ3v) is 7.06. The van der Waals surface area contributed by atoms with Gasteiger partial charge in [-0.1, -0.05) is 11.6 Å². The molecule has 2 aliphatic rings. The summed E-state index contributed by atoms with van der Waals surface area (Å²) < 4.78 is 11.2. The van der Waals surface area contributed by atoms with Gasteiger partial charge < -0.3 is 25.1 Å². The van der Waals surface area contributed by atoms with Crippen molar-refractivity contribution in [3.05, 3.63) is 70.6 Å². The zero-order valence-corrected chi connectivity index (χ0v) is 21.0. The number of nitrogens with zero attached hydrogens (tertiary/aromatic N) is 2. The van der Waals surface area contributed by atoms with Crippen LogP contribution in [-0.4, -0.2) is 45.9 Å². The van der Waals surface area contributed by atoms with Gasteiger partial charge in [0.25, 0.3) is 5.91 Å². The molecular formula is C27H24ClN5O4. The van der Waals surface area contributed by atoms with E-state index in [9.17, 15) is 9.59 Å². The summed E-state index contributed by atoms with van der Waals surface area (Å²) in [6, 6.07) is 8.89. The number of anilines is 2. The number of ether oxygens (including phenoxy) is 2. The largest absolute Gasteiger partial charge is 0.439 e. The van der Waals surface area contributed by atoms with Crippen LogP contribution in [0.4, 0.5) is 11.4 Å². The number of methoxy groups -OCH3 is 1. The number of benzene rings is 1. The molecule has 9 nitrogen and oxygen atoms in total. The van der Waals surface area contributed by atoms with E-state index in [1.165, 1.54) is 25.5 Å². The number of aromatic amines is 1. The minimum absolute atomic E-state index is 0.140. The van der Waals surface area contributed by atoms with E-state index in [1.54, 1.807) is 43.7 Å². The number of pyridine rings is 2. The van der Waals surface area contributed by atoms with Crippen LogP contribution in [0, 0.1) is 0 Å². The lowest BCUT2D eigenvalue weighted by Gasteiger charge is -2.35. The number of aromatic nitrogens is 3. The molecule has 0 radical (unpaired) electrons. The molecule has 188 valence electrons. The lowest BCUT2D eigenvalue weighted by atomic mass is 9.96. The van der Waals surface area contributed by atoms with Crippen molar-refractivity contribution in [2.45, 2.75) is 31.2 Å². The van der Waals surface area contributed by atoms with E-state index < -0.39 is 5.54 Å². The summed E-state index contributed by atoms with van der Waals surface area (Å²) in [5.74, 6) is 1.02. The van der Waals surface area contributed by atoms with Gasteiger partial charge in [-0.05, 0) is 49.4 Å². The summed E-state index contributed by atoms with van der Waals surface area (Å²) in [6.45, 7) is 1.88. The van der Waals surface area contributed by atoms with Crippen molar-refractivity contribution < 1.29 is 19.1 Å². The van der Waals surface area contributed by atoms with Crippen LogP contribution in [0.15, 0.2) is 48.9 Å². The van der Waals surface area contributed by atoms with Crippen molar-refractivity contribution in [2.75, 3.05) is 24.4 Å². The van der Waals surface area contributed by atoms with Gasteiger partial charge in [0.1, 0.15) is 16.9 Å². The average molecular weight is 518 g/mol. The van der Waals surface area contributed by atoms with Gasteiger partial charge in [-0.25, -0.2) is 9.97 Å². The predicted molar refractivity (Wildman–Crippen MR) is 140 cm³/mol. The topological polar surface area (TPSA) is 118 Å².